The van der Waals surface area contributed by atoms with Crippen molar-refractivity contribution in [2.45, 2.75) is 87.0 Å². The van der Waals surface area contributed by atoms with Crippen molar-refractivity contribution in [2.75, 3.05) is 0 Å². The molecule has 0 bridgehead atoms. The summed E-state index contributed by atoms with van der Waals surface area (Å²) in [4.78, 5) is 0. The van der Waals surface area contributed by atoms with E-state index in [-0.39, 0.29) is 0 Å². The minimum atomic E-state index is 0.329. The van der Waals surface area contributed by atoms with Gasteiger partial charge >= 0.3 is 0 Å². The number of hydrogen-bond donors (Lipinski definition) is 0. The Hall–Kier alpha value is -0.520. The minimum Gasteiger partial charge on any atom is -0.0816 e. The molecule has 0 heterocycles. The Kier molecular flexibility index (Phi) is 7.24. The molecule has 1 fully saturated rings. The quantitative estimate of drug-likeness (QED) is 0.416. The van der Waals surface area contributed by atoms with Crippen molar-refractivity contribution < 1.29 is 0 Å². The molecule has 0 nitrogen and oxygen atoms in total. The molecule has 0 saturated heterocycles. The highest BCUT2D eigenvalue weighted by Gasteiger charge is 2.29. The summed E-state index contributed by atoms with van der Waals surface area (Å²) in [6.45, 7) is 16.5. The van der Waals surface area contributed by atoms with Gasteiger partial charge in [-0.05, 0) is 69.1 Å². The van der Waals surface area contributed by atoms with Crippen LogP contribution in [-0.2, 0) is 0 Å². The summed E-state index contributed by atoms with van der Waals surface area (Å²) < 4.78 is 0. The second kappa shape index (κ2) is 8.20. The molecule has 1 atom stereocenters. The molecule has 0 spiro atoms. The van der Waals surface area contributed by atoms with Gasteiger partial charge in [-0.1, -0.05) is 64.3 Å². The molecule has 0 aromatic rings. The monoisotopic (exact) mass is 290 g/mol. The van der Waals surface area contributed by atoms with Crippen LogP contribution < -0.4 is 0 Å². The Bertz CT molecular complexity index is 363. The summed E-state index contributed by atoms with van der Waals surface area (Å²) in [5.41, 5.74) is 3.31. The minimum absolute atomic E-state index is 0.329. The lowest BCUT2D eigenvalue weighted by Gasteiger charge is -2.37. The van der Waals surface area contributed by atoms with Crippen LogP contribution in [0.4, 0.5) is 0 Å². The number of rotatable bonds is 8. The third-order valence-corrected chi connectivity index (χ3v) is 5.33. The Morgan fingerprint density at radius 1 is 1.24 bits per heavy atom. The van der Waals surface area contributed by atoms with E-state index in [2.05, 4.69) is 60.6 Å². The zero-order valence-corrected chi connectivity index (χ0v) is 15.6. The third-order valence-electron chi connectivity index (χ3n) is 5.33. The van der Waals surface area contributed by atoms with E-state index >= 15 is 0 Å². The van der Waals surface area contributed by atoms with Crippen molar-refractivity contribution >= 4 is 0 Å². The van der Waals surface area contributed by atoms with Gasteiger partial charge in [0.2, 0.25) is 0 Å². The van der Waals surface area contributed by atoms with Crippen molar-refractivity contribution in [3.8, 4) is 0 Å². The standard InChI is InChI=1S/C21H38/c1-8-9-10-16(2)11-19(5)21(6,7)15-18(4)14-20-12-17(3)13-20/h10-11,17-18,20H,8-9,12-15H2,1-7H3/b16-10-,19-11-. The fraction of sp³-hybridized carbons (Fsp3) is 0.810. The second-order valence-corrected chi connectivity index (χ2v) is 8.44. The van der Waals surface area contributed by atoms with Gasteiger partial charge < -0.3 is 0 Å². The molecule has 0 aliphatic heterocycles. The SMILES string of the molecule is CCC/C=C(C)\C=C(\C)C(C)(C)CC(C)CC1CC(C)C1. The fourth-order valence-electron chi connectivity index (χ4n) is 3.91. The summed E-state index contributed by atoms with van der Waals surface area (Å²) >= 11 is 0. The maximum Gasteiger partial charge on any atom is -0.0142 e. The highest BCUT2D eigenvalue weighted by Crippen LogP contribution is 2.41. The van der Waals surface area contributed by atoms with E-state index in [1.165, 1.54) is 44.1 Å². The molecule has 1 unspecified atom stereocenters. The summed E-state index contributed by atoms with van der Waals surface area (Å²) in [6, 6.07) is 0. The molecule has 0 radical (unpaired) electrons. The van der Waals surface area contributed by atoms with Crippen molar-refractivity contribution in [3.63, 3.8) is 0 Å². The molecule has 1 aliphatic carbocycles. The summed E-state index contributed by atoms with van der Waals surface area (Å²) in [6.07, 6.45) is 12.9. The van der Waals surface area contributed by atoms with Crippen molar-refractivity contribution in [1.29, 1.82) is 0 Å². The van der Waals surface area contributed by atoms with E-state index < -0.39 is 0 Å². The first-order valence-electron chi connectivity index (χ1n) is 9.10. The van der Waals surface area contributed by atoms with E-state index in [0.717, 1.165) is 17.8 Å². The smallest absolute Gasteiger partial charge is 0.0142 e. The predicted molar refractivity (Wildman–Crippen MR) is 96.5 cm³/mol. The van der Waals surface area contributed by atoms with Gasteiger partial charge in [0.05, 0.1) is 0 Å². The van der Waals surface area contributed by atoms with Crippen LogP contribution in [-0.4, -0.2) is 0 Å². The van der Waals surface area contributed by atoms with E-state index in [1.54, 1.807) is 5.57 Å². The Labute approximate surface area is 134 Å². The molecule has 122 valence electrons. The van der Waals surface area contributed by atoms with Gasteiger partial charge in [0.15, 0.2) is 0 Å². The lowest BCUT2D eigenvalue weighted by molar-refractivity contribution is 0.161. The van der Waals surface area contributed by atoms with Gasteiger partial charge in [-0.3, -0.25) is 0 Å². The van der Waals surface area contributed by atoms with Crippen molar-refractivity contribution in [2.24, 2.45) is 23.2 Å². The molecule has 0 aromatic carbocycles. The summed E-state index contributed by atoms with van der Waals surface area (Å²) in [5.74, 6) is 2.85. The first-order valence-corrected chi connectivity index (χ1v) is 9.10. The number of hydrogen-bond acceptors (Lipinski definition) is 0. The van der Waals surface area contributed by atoms with Crippen LogP contribution in [0.5, 0.6) is 0 Å². The summed E-state index contributed by atoms with van der Waals surface area (Å²) in [7, 11) is 0. The Morgan fingerprint density at radius 2 is 1.86 bits per heavy atom. The van der Waals surface area contributed by atoms with Crippen LogP contribution in [0.2, 0.25) is 0 Å². The first-order chi connectivity index (χ1) is 9.74. The maximum atomic E-state index is 2.46. The normalized spacial score (nSPS) is 25.7. The van der Waals surface area contributed by atoms with Crippen molar-refractivity contribution in [3.05, 3.63) is 23.3 Å². The zero-order valence-electron chi connectivity index (χ0n) is 15.6. The third kappa shape index (κ3) is 6.41. The van der Waals surface area contributed by atoms with Crippen LogP contribution in [0.25, 0.3) is 0 Å². The molecule has 1 rings (SSSR count). The van der Waals surface area contributed by atoms with Gasteiger partial charge in [0.25, 0.3) is 0 Å². The molecule has 21 heavy (non-hydrogen) atoms. The molecule has 1 saturated carbocycles. The average Bonchev–Trinajstić information content (AvgIpc) is 2.33. The van der Waals surface area contributed by atoms with E-state index in [1.807, 2.05) is 0 Å². The van der Waals surface area contributed by atoms with Crippen LogP contribution in [0, 0.1) is 23.2 Å². The molecule has 1 aliphatic rings. The second-order valence-electron chi connectivity index (χ2n) is 8.44. The highest BCUT2D eigenvalue weighted by molar-refractivity contribution is 5.24. The number of allylic oxidation sites excluding steroid dienone is 4. The van der Waals surface area contributed by atoms with Gasteiger partial charge in [-0.2, -0.15) is 0 Å². The molecule has 0 amide bonds. The molecular weight excluding hydrogens is 252 g/mol. The zero-order chi connectivity index (χ0) is 16.0. The molecule has 0 heteroatoms. The van der Waals surface area contributed by atoms with Crippen LogP contribution in [0.1, 0.15) is 87.0 Å². The van der Waals surface area contributed by atoms with Gasteiger partial charge in [0, 0.05) is 0 Å². The Balaban J connectivity index is 2.52. The number of unbranched alkanes of at least 4 members (excludes halogenated alkanes) is 1. The van der Waals surface area contributed by atoms with Crippen molar-refractivity contribution in [1.82, 2.24) is 0 Å². The van der Waals surface area contributed by atoms with Crippen LogP contribution in [0.3, 0.4) is 0 Å². The van der Waals surface area contributed by atoms with E-state index in [9.17, 15) is 0 Å². The van der Waals surface area contributed by atoms with E-state index in [0.29, 0.717) is 5.41 Å². The highest BCUT2D eigenvalue weighted by atomic mass is 14.3. The van der Waals surface area contributed by atoms with Gasteiger partial charge in [0.1, 0.15) is 0 Å². The van der Waals surface area contributed by atoms with Crippen LogP contribution >= 0.6 is 0 Å². The molecular formula is C21H38. The predicted octanol–water partition coefficient (Wildman–Crippen LogP) is 7.17. The van der Waals surface area contributed by atoms with Gasteiger partial charge in [-0.25, -0.2) is 0 Å². The van der Waals surface area contributed by atoms with E-state index in [4.69, 9.17) is 0 Å². The topological polar surface area (TPSA) is 0 Å². The maximum absolute atomic E-state index is 2.46. The van der Waals surface area contributed by atoms with Crippen LogP contribution in [0.15, 0.2) is 23.3 Å². The Morgan fingerprint density at radius 3 is 2.38 bits per heavy atom. The van der Waals surface area contributed by atoms with Gasteiger partial charge in [-0.15, -0.1) is 0 Å². The fourth-order valence-corrected chi connectivity index (χ4v) is 3.91. The lowest BCUT2D eigenvalue weighted by Crippen LogP contribution is -2.25. The first kappa shape index (κ1) is 18.5. The largest absolute Gasteiger partial charge is 0.0816 e. The lowest BCUT2D eigenvalue weighted by atomic mass is 9.69. The molecule has 0 aromatic heterocycles. The average molecular weight is 291 g/mol. The molecule has 0 N–H and O–H groups in total. The summed E-state index contributed by atoms with van der Waals surface area (Å²) in [5, 5.41) is 0.